The summed E-state index contributed by atoms with van der Waals surface area (Å²) in [6.45, 7) is 4.07. The second-order valence-corrected chi connectivity index (χ2v) is 8.68. The van der Waals surface area contributed by atoms with Crippen molar-refractivity contribution >= 4 is 15.7 Å². The van der Waals surface area contributed by atoms with Crippen LogP contribution in [0.1, 0.15) is 51.5 Å². The Morgan fingerprint density at radius 1 is 1.22 bits per heavy atom. The van der Waals surface area contributed by atoms with Crippen LogP contribution in [0.25, 0.3) is 0 Å². The first-order valence-corrected chi connectivity index (χ1v) is 10.1. The number of nitrogens with zero attached hydrogens (tertiary/aromatic N) is 1. The summed E-state index contributed by atoms with van der Waals surface area (Å²) < 4.78 is 24.7. The molecule has 3 rings (SSSR count). The van der Waals surface area contributed by atoms with Crippen LogP contribution < -0.4 is 4.83 Å². The van der Waals surface area contributed by atoms with Crippen molar-refractivity contribution in [1.29, 1.82) is 0 Å². The molecule has 1 N–H and O–H groups in total. The number of sulfonamides is 1. The topological polar surface area (TPSA) is 58.5 Å². The Morgan fingerprint density at radius 3 is 2.52 bits per heavy atom. The molecule has 0 radical (unpaired) electrons. The quantitative estimate of drug-likeness (QED) is 0.636. The van der Waals surface area contributed by atoms with Crippen LogP contribution in [-0.4, -0.2) is 14.1 Å². The van der Waals surface area contributed by atoms with Crippen molar-refractivity contribution in [3.63, 3.8) is 0 Å². The first-order valence-electron chi connectivity index (χ1n) is 8.64. The maximum atomic E-state index is 12.4. The fraction of sp³-hybridized carbons (Fsp3) is 0.611. The molecule has 2 aliphatic carbocycles. The third-order valence-electron chi connectivity index (χ3n) is 5.39. The predicted octanol–water partition coefficient (Wildman–Crippen LogP) is 3.73. The largest absolute Gasteiger partial charge is 0.276 e. The lowest BCUT2D eigenvalue weighted by Gasteiger charge is -2.21. The van der Waals surface area contributed by atoms with Gasteiger partial charge < -0.3 is 0 Å². The van der Waals surface area contributed by atoms with Crippen LogP contribution in [0.5, 0.6) is 0 Å². The van der Waals surface area contributed by atoms with Gasteiger partial charge in [0.25, 0.3) is 10.0 Å². The van der Waals surface area contributed by atoms with Crippen molar-refractivity contribution in [2.75, 3.05) is 0 Å². The van der Waals surface area contributed by atoms with Gasteiger partial charge >= 0.3 is 0 Å². The van der Waals surface area contributed by atoms with Crippen molar-refractivity contribution in [1.82, 2.24) is 4.83 Å². The van der Waals surface area contributed by atoms with Gasteiger partial charge in [-0.2, -0.15) is 13.5 Å². The first kappa shape index (κ1) is 16.5. The summed E-state index contributed by atoms with van der Waals surface area (Å²) in [6, 6.07) is 7.08. The van der Waals surface area contributed by atoms with Crippen LogP contribution in [-0.2, 0) is 16.4 Å². The molecule has 0 spiro atoms. The smallest absolute Gasteiger partial charge is 0.200 e. The Balaban J connectivity index is 1.67. The Bertz CT molecular complexity index is 679. The van der Waals surface area contributed by atoms with Gasteiger partial charge in [-0.3, -0.25) is 0 Å². The minimum Gasteiger partial charge on any atom is -0.200 e. The van der Waals surface area contributed by atoms with Crippen molar-refractivity contribution in [2.24, 2.45) is 22.9 Å². The molecule has 0 heterocycles. The zero-order chi connectivity index (χ0) is 16.4. The maximum Gasteiger partial charge on any atom is 0.276 e. The van der Waals surface area contributed by atoms with Crippen LogP contribution in [0.4, 0.5) is 0 Å². The molecular weight excluding hydrogens is 308 g/mol. The Hall–Kier alpha value is -1.36. The minimum absolute atomic E-state index is 0.279. The highest BCUT2D eigenvalue weighted by atomic mass is 32.2. The maximum absolute atomic E-state index is 12.4. The van der Waals surface area contributed by atoms with Crippen molar-refractivity contribution in [3.8, 4) is 0 Å². The molecule has 0 aromatic heterocycles. The van der Waals surface area contributed by atoms with E-state index in [1.54, 1.807) is 12.1 Å². The van der Waals surface area contributed by atoms with E-state index in [4.69, 9.17) is 0 Å². The molecule has 3 unspecified atom stereocenters. The third kappa shape index (κ3) is 3.60. The number of aryl methyl sites for hydroxylation is 1. The molecule has 1 aromatic rings. The second-order valence-electron chi connectivity index (χ2n) is 7.02. The Kier molecular flexibility index (Phi) is 4.76. The summed E-state index contributed by atoms with van der Waals surface area (Å²) in [5.41, 5.74) is 2.09. The van der Waals surface area contributed by atoms with E-state index < -0.39 is 10.0 Å². The zero-order valence-corrected chi connectivity index (χ0v) is 14.8. The van der Waals surface area contributed by atoms with Crippen LogP contribution in [0.15, 0.2) is 34.3 Å². The molecule has 126 valence electrons. The second kappa shape index (κ2) is 6.63. The van der Waals surface area contributed by atoms with Gasteiger partial charge in [0.15, 0.2) is 0 Å². The van der Waals surface area contributed by atoms with E-state index in [-0.39, 0.29) is 4.90 Å². The van der Waals surface area contributed by atoms with E-state index in [1.165, 1.54) is 25.7 Å². The van der Waals surface area contributed by atoms with Crippen molar-refractivity contribution < 1.29 is 8.42 Å². The van der Waals surface area contributed by atoms with E-state index in [0.29, 0.717) is 11.8 Å². The monoisotopic (exact) mass is 334 g/mol. The van der Waals surface area contributed by atoms with E-state index in [0.717, 1.165) is 30.0 Å². The molecule has 2 bridgehead atoms. The molecule has 1 aromatic carbocycles. The van der Waals surface area contributed by atoms with Gasteiger partial charge in [0.1, 0.15) is 0 Å². The fourth-order valence-corrected chi connectivity index (χ4v) is 5.01. The van der Waals surface area contributed by atoms with Crippen LogP contribution in [0.3, 0.4) is 0 Å². The molecule has 3 atom stereocenters. The number of hydrazone groups is 1. The lowest BCUT2D eigenvalue weighted by atomic mass is 9.86. The molecule has 2 saturated carbocycles. The number of nitrogens with one attached hydrogen (secondary N) is 1. The van der Waals surface area contributed by atoms with Crippen LogP contribution >= 0.6 is 0 Å². The summed E-state index contributed by atoms with van der Waals surface area (Å²) in [5, 5.41) is 4.21. The van der Waals surface area contributed by atoms with Gasteiger partial charge in [-0.25, -0.2) is 4.83 Å². The van der Waals surface area contributed by atoms with Gasteiger partial charge in [-0.15, -0.1) is 0 Å². The van der Waals surface area contributed by atoms with E-state index in [1.807, 2.05) is 19.1 Å². The SMILES string of the molecule is CCCc1ccc(S(=O)(=O)N/N=C(\C)C2CC3CCC2C3)cc1. The highest BCUT2D eigenvalue weighted by molar-refractivity contribution is 7.89. The van der Waals surface area contributed by atoms with Gasteiger partial charge in [0, 0.05) is 11.6 Å². The van der Waals surface area contributed by atoms with Gasteiger partial charge in [-0.1, -0.05) is 31.9 Å². The van der Waals surface area contributed by atoms with Gasteiger partial charge in [-0.05, 0) is 62.1 Å². The van der Waals surface area contributed by atoms with Crippen molar-refractivity contribution in [2.45, 2.75) is 57.3 Å². The number of benzene rings is 1. The molecule has 4 nitrogen and oxygen atoms in total. The highest BCUT2D eigenvalue weighted by Crippen LogP contribution is 2.48. The minimum atomic E-state index is -3.57. The molecule has 2 aliphatic rings. The lowest BCUT2D eigenvalue weighted by molar-refractivity contribution is 0.413. The molecule has 0 saturated heterocycles. The molecular formula is C18H26N2O2S. The zero-order valence-electron chi connectivity index (χ0n) is 14.0. The summed E-state index contributed by atoms with van der Waals surface area (Å²) in [6.07, 6.45) is 7.10. The summed E-state index contributed by atoms with van der Waals surface area (Å²) in [7, 11) is -3.57. The average molecular weight is 334 g/mol. The third-order valence-corrected chi connectivity index (χ3v) is 6.61. The van der Waals surface area contributed by atoms with Gasteiger partial charge in [0.05, 0.1) is 4.90 Å². The molecule has 0 aliphatic heterocycles. The number of hydrogen-bond donors (Lipinski definition) is 1. The summed E-state index contributed by atoms with van der Waals surface area (Å²) in [5.74, 6) is 2.00. The lowest BCUT2D eigenvalue weighted by Crippen LogP contribution is -2.24. The standard InChI is InChI=1S/C18H26N2O2S/c1-3-4-14-6-9-17(10-7-14)23(21,22)20-19-13(2)18-12-15-5-8-16(18)11-15/h6-7,9-10,15-16,18,20H,3-5,8,11-12H2,1-2H3/b19-13+. The molecule has 0 amide bonds. The average Bonchev–Trinajstić information content (AvgIpc) is 3.17. The van der Waals surface area contributed by atoms with Crippen LogP contribution in [0, 0.1) is 17.8 Å². The number of fused-ring (bicyclic) bond motifs is 2. The molecule has 2 fully saturated rings. The fourth-order valence-electron chi connectivity index (χ4n) is 4.15. The predicted molar refractivity (Wildman–Crippen MR) is 92.8 cm³/mol. The van der Waals surface area contributed by atoms with E-state index in [2.05, 4.69) is 16.9 Å². The Morgan fingerprint density at radius 2 is 1.96 bits per heavy atom. The Labute approximate surface area is 139 Å². The summed E-state index contributed by atoms with van der Waals surface area (Å²) >= 11 is 0. The highest BCUT2D eigenvalue weighted by Gasteiger charge is 2.40. The first-order chi connectivity index (χ1) is 11.0. The van der Waals surface area contributed by atoms with E-state index in [9.17, 15) is 8.42 Å². The van der Waals surface area contributed by atoms with E-state index >= 15 is 0 Å². The molecule has 5 heteroatoms. The van der Waals surface area contributed by atoms with Crippen molar-refractivity contribution in [3.05, 3.63) is 29.8 Å². The molecule has 23 heavy (non-hydrogen) atoms. The van der Waals surface area contributed by atoms with Gasteiger partial charge in [0.2, 0.25) is 0 Å². The summed E-state index contributed by atoms with van der Waals surface area (Å²) in [4.78, 5) is 2.70. The van der Waals surface area contributed by atoms with Crippen LogP contribution in [0.2, 0.25) is 0 Å². The number of hydrogen-bond acceptors (Lipinski definition) is 3. The normalized spacial score (nSPS) is 27.4. The number of rotatable bonds is 6.